The first kappa shape index (κ1) is 21.2. The Kier molecular flexibility index (Phi) is 9.63. The average molecular weight is 362 g/mol. The summed E-state index contributed by atoms with van der Waals surface area (Å²) in [4.78, 5) is 26.5. The summed E-state index contributed by atoms with van der Waals surface area (Å²) >= 11 is 0. The van der Waals surface area contributed by atoms with Crippen LogP contribution in [-0.2, 0) is 14.3 Å². The van der Waals surface area contributed by atoms with Crippen molar-refractivity contribution in [2.24, 2.45) is 5.41 Å². The van der Waals surface area contributed by atoms with Gasteiger partial charge in [-0.1, -0.05) is 6.42 Å². The Morgan fingerprint density at radius 1 is 1.29 bits per heavy atom. The Morgan fingerprint density at radius 3 is 2.75 bits per heavy atom. The molecular weight excluding hydrogens is 330 g/mol. The van der Waals surface area contributed by atoms with Gasteiger partial charge in [-0.2, -0.15) is 0 Å². The van der Waals surface area contributed by atoms with Gasteiger partial charge in [0, 0.05) is 33.2 Å². The highest BCUT2D eigenvalue weighted by molar-refractivity contribution is 5.85. The molecule has 0 unspecified atom stereocenters. The van der Waals surface area contributed by atoms with Crippen LogP contribution in [-0.4, -0.2) is 63.2 Å². The maximum absolute atomic E-state index is 12.6. The number of hydrogen-bond acceptors (Lipinski definition) is 4. The van der Waals surface area contributed by atoms with Gasteiger partial charge < -0.3 is 20.3 Å². The summed E-state index contributed by atoms with van der Waals surface area (Å²) in [6, 6.07) is 0. The second-order valence-corrected chi connectivity index (χ2v) is 6.76. The highest BCUT2D eigenvalue weighted by atomic mass is 35.5. The SMILES string of the molecule is COCC1(C(=O)NCCCN2CCCCCC2=O)CCNCC1.Cl. The van der Waals surface area contributed by atoms with Crippen molar-refractivity contribution in [3.05, 3.63) is 0 Å². The lowest BCUT2D eigenvalue weighted by Crippen LogP contribution is -2.50. The zero-order chi connectivity index (χ0) is 16.5. The first-order chi connectivity index (χ1) is 11.2. The van der Waals surface area contributed by atoms with E-state index in [0.717, 1.165) is 64.7 Å². The second-order valence-electron chi connectivity index (χ2n) is 6.76. The molecule has 2 saturated heterocycles. The molecule has 2 aliphatic rings. The van der Waals surface area contributed by atoms with E-state index in [1.54, 1.807) is 7.11 Å². The van der Waals surface area contributed by atoms with Crippen LogP contribution in [0.3, 0.4) is 0 Å². The molecule has 0 aromatic heterocycles. The Hall–Kier alpha value is -0.850. The van der Waals surface area contributed by atoms with Gasteiger partial charge in [-0.3, -0.25) is 9.59 Å². The van der Waals surface area contributed by atoms with E-state index in [9.17, 15) is 9.59 Å². The summed E-state index contributed by atoms with van der Waals surface area (Å²) in [5.41, 5.74) is -0.390. The van der Waals surface area contributed by atoms with Gasteiger partial charge in [-0.05, 0) is 45.2 Å². The van der Waals surface area contributed by atoms with Gasteiger partial charge in [0.2, 0.25) is 11.8 Å². The topological polar surface area (TPSA) is 70.7 Å². The number of piperidine rings is 1. The molecule has 0 radical (unpaired) electrons. The molecule has 2 rings (SSSR count). The number of hydrogen-bond donors (Lipinski definition) is 2. The van der Waals surface area contributed by atoms with Crippen molar-refractivity contribution in [2.75, 3.05) is 46.4 Å². The van der Waals surface area contributed by atoms with E-state index in [2.05, 4.69) is 10.6 Å². The van der Waals surface area contributed by atoms with Gasteiger partial charge in [-0.25, -0.2) is 0 Å². The van der Waals surface area contributed by atoms with Gasteiger partial charge >= 0.3 is 0 Å². The van der Waals surface area contributed by atoms with Crippen LogP contribution in [0, 0.1) is 5.41 Å². The summed E-state index contributed by atoms with van der Waals surface area (Å²) < 4.78 is 5.29. The minimum atomic E-state index is -0.390. The maximum Gasteiger partial charge on any atom is 0.228 e. The predicted octanol–water partition coefficient (Wildman–Crippen LogP) is 1.33. The smallest absolute Gasteiger partial charge is 0.228 e. The zero-order valence-electron chi connectivity index (χ0n) is 14.8. The lowest BCUT2D eigenvalue weighted by molar-refractivity contribution is -0.136. The molecule has 2 amide bonds. The molecule has 2 fully saturated rings. The van der Waals surface area contributed by atoms with E-state index in [1.165, 1.54) is 0 Å². The molecule has 0 bridgehead atoms. The summed E-state index contributed by atoms with van der Waals surface area (Å²) in [6.07, 6.45) is 6.39. The average Bonchev–Trinajstić information content (AvgIpc) is 2.77. The molecule has 2 heterocycles. The third kappa shape index (κ3) is 5.90. The largest absolute Gasteiger partial charge is 0.384 e. The number of carbonyl (C=O) groups is 2. The van der Waals surface area contributed by atoms with E-state index in [1.807, 2.05) is 4.90 Å². The van der Waals surface area contributed by atoms with E-state index in [0.29, 0.717) is 19.6 Å². The Labute approximate surface area is 151 Å². The van der Waals surface area contributed by atoms with E-state index in [4.69, 9.17) is 4.74 Å². The van der Waals surface area contributed by atoms with E-state index >= 15 is 0 Å². The van der Waals surface area contributed by atoms with Gasteiger partial charge in [0.15, 0.2) is 0 Å². The third-order valence-electron chi connectivity index (χ3n) is 5.02. The van der Waals surface area contributed by atoms with Crippen LogP contribution in [0.1, 0.15) is 44.9 Å². The summed E-state index contributed by atoms with van der Waals surface area (Å²) in [6.45, 7) is 4.44. The Bertz CT molecular complexity index is 395. The molecule has 0 aromatic carbocycles. The molecule has 0 aliphatic carbocycles. The normalized spacial score (nSPS) is 20.9. The monoisotopic (exact) mass is 361 g/mol. The van der Waals surface area contributed by atoms with Gasteiger partial charge in [0.25, 0.3) is 0 Å². The van der Waals surface area contributed by atoms with E-state index < -0.39 is 5.41 Å². The molecule has 2 aliphatic heterocycles. The maximum atomic E-state index is 12.6. The molecule has 6 nitrogen and oxygen atoms in total. The lowest BCUT2D eigenvalue weighted by atomic mass is 9.78. The van der Waals surface area contributed by atoms with Crippen LogP contribution in [0.15, 0.2) is 0 Å². The fourth-order valence-corrected chi connectivity index (χ4v) is 3.55. The highest BCUT2D eigenvalue weighted by Gasteiger charge is 2.39. The molecule has 0 saturated carbocycles. The number of rotatable bonds is 7. The van der Waals surface area contributed by atoms with Crippen molar-refractivity contribution >= 4 is 24.2 Å². The third-order valence-corrected chi connectivity index (χ3v) is 5.02. The summed E-state index contributed by atoms with van der Waals surface area (Å²) in [5.74, 6) is 0.367. The van der Waals surface area contributed by atoms with Crippen LogP contribution in [0.4, 0.5) is 0 Å². The van der Waals surface area contributed by atoms with E-state index in [-0.39, 0.29) is 24.2 Å². The van der Waals surface area contributed by atoms with Crippen molar-refractivity contribution < 1.29 is 14.3 Å². The first-order valence-corrected chi connectivity index (χ1v) is 8.94. The number of nitrogens with zero attached hydrogens (tertiary/aromatic N) is 1. The quantitative estimate of drug-likeness (QED) is 0.671. The van der Waals surface area contributed by atoms with Crippen molar-refractivity contribution in [2.45, 2.75) is 44.9 Å². The van der Waals surface area contributed by atoms with Crippen LogP contribution in [0.5, 0.6) is 0 Å². The number of nitrogens with one attached hydrogen (secondary N) is 2. The highest BCUT2D eigenvalue weighted by Crippen LogP contribution is 2.29. The molecule has 7 heteroatoms. The van der Waals surface area contributed by atoms with Crippen molar-refractivity contribution in [3.63, 3.8) is 0 Å². The number of carbonyl (C=O) groups excluding carboxylic acids is 2. The lowest BCUT2D eigenvalue weighted by Gasteiger charge is -2.35. The fraction of sp³-hybridized carbons (Fsp3) is 0.882. The minimum absolute atomic E-state index is 0. The van der Waals surface area contributed by atoms with Gasteiger partial charge in [0.1, 0.15) is 0 Å². The standard InChI is InChI=1S/C17H31N3O3.ClH/c1-23-14-17(7-10-18-11-8-17)16(22)19-9-5-13-20-12-4-2-3-6-15(20)21;/h18H,2-14H2,1H3,(H,19,22);1H. The van der Waals surface area contributed by atoms with Crippen LogP contribution in [0.2, 0.25) is 0 Å². The molecule has 24 heavy (non-hydrogen) atoms. The summed E-state index contributed by atoms with van der Waals surface area (Å²) in [7, 11) is 1.65. The number of halogens is 1. The second kappa shape index (κ2) is 10.9. The van der Waals surface area contributed by atoms with Crippen LogP contribution in [0.25, 0.3) is 0 Å². The Balaban J connectivity index is 0.00000288. The summed E-state index contributed by atoms with van der Waals surface area (Å²) in [5, 5.41) is 6.36. The molecule has 0 atom stereocenters. The van der Waals surface area contributed by atoms with Crippen LogP contribution < -0.4 is 10.6 Å². The predicted molar refractivity (Wildman–Crippen MR) is 96.3 cm³/mol. The molecule has 0 spiro atoms. The molecule has 2 N–H and O–H groups in total. The fourth-order valence-electron chi connectivity index (χ4n) is 3.55. The molecule has 140 valence electrons. The molecule has 0 aromatic rings. The number of methoxy groups -OCH3 is 1. The molecular formula is C17H32ClN3O3. The van der Waals surface area contributed by atoms with Crippen molar-refractivity contribution in [1.82, 2.24) is 15.5 Å². The van der Waals surface area contributed by atoms with Gasteiger partial charge in [-0.15, -0.1) is 12.4 Å². The number of ether oxygens (including phenoxy) is 1. The number of amides is 2. The minimum Gasteiger partial charge on any atom is -0.384 e. The number of likely N-dealkylation sites (tertiary alicyclic amines) is 1. The zero-order valence-corrected chi connectivity index (χ0v) is 15.6. The Morgan fingerprint density at radius 2 is 2.04 bits per heavy atom. The van der Waals surface area contributed by atoms with Crippen molar-refractivity contribution in [3.8, 4) is 0 Å². The van der Waals surface area contributed by atoms with Crippen LogP contribution >= 0.6 is 12.4 Å². The van der Waals surface area contributed by atoms with Gasteiger partial charge in [0.05, 0.1) is 12.0 Å². The first-order valence-electron chi connectivity index (χ1n) is 8.94. The van der Waals surface area contributed by atoms with Crippen molar-refractivity contribution in [1.29, 1.82) is 0 Å².